The van der Waals surface area contributed by atoms with Gasteiger partial charge in [-0.1, -0.05) is 33.1 Å². The van der Waals surface area contributed by atoms with Gasteiger partial charge in [-0.15, -0.1) is 0 Å². The predicted molar refractivity (Wildman–Crippen MR) is 169 cm³/mol. The molecule has 0 aliphatic rings. The van der Waals surface area contributed by atoms with Crippen LogP contribution < -0.4 is 0 Å². The second-order valence-corrected chi connectivity index (χ2v) is 9.77. The van der Waals surface area contributed by atoms with Crippen LogP contribution in [0.2, 0.25) is 0 Å². The molecule has 0 bridgehead atoms. The SMILES string of the molecule is CCCCCCOCCOCCOCCOCCOCCOCCOCCOCCOCCOCCOCCOC(=O)CCC. The van der Waals surface area contributed by atoms with Gasteiger partial charge in [-0.3, -0.25) is 4.79 Å². The Kier molecular flexibility index (Phi) is 40.2. The van der Waals surface area contributed by atoms with Crippen molar-refractivity contribution in [1.29, 1.82) is 0 Å². The first-order chi connectivity index (χ1) is 22.3. The van der Waals surface area contributed by atoms with Crippen molar-refractivity contribution < 1.29 is 61.6 Å². The van der Waals surface area contributed by atoms with Crippen LogP contribution in [0.4, 0.5) is 0 Å². The molecule has 0 saturated carbocycles. The van der Waals surface area contributed by atoms with Gasteiger partial charge in [0.2, 0.25) is 0 Å². The molecule has 13 nitrogen and oxygen atoms in total. The van der Waals surface area contributed by atoms with Crippen molar-refractivity contribution in [3.63, 3.8) is 0 Å². The van der Waals surface area contributed by atoms with Crippen LogP contribution in [0.25, 0.3) is 0 Å². The molecule has 0 aromatic carbocycles. The average molecular weight is 657 g/mol. The molecule has 0 saturated heterocycles. The van der Waals surface area contributed by atoms with Crippen LogP contribution in [0.3, 0.4) is 0 Å². The number of unbranched alkanes of at least 4 members (excludes halogenated alkanes) is 3. The minimum atomic E-state index is -0.187. The molecule has 0 aliphatic carbocycles. The highest BCUT2D eigenvalue weighted by atomic mass is 16.6. The van der Waals surface area contributed by atoms with E-state index in [0.717, 1.165) is 19.4 Å². The van der Waals surface area contributed by atoms with Gasteiger partial charge < -0.3 is 56.8 Å². The monoisotopic (exact) mass is 656 g/mol. The Labute approximate surface area is 272 Å². The van der Waals surface area contributed by atoms with Gasteiger partial charge in [0.1, 0.15) is 6.61 Å². The van der Waals surface area contributed by atoms with Crippen LogP contribution in [-0.2, 0) is 61.6 Å². The summed E-state index contributed by atoms with van der Waals surface area (Å²) < 4.78 is 65.0. The molecule has 13 heteroatoms. The standard InChI is InChI=1S/C32H64O13/c1-3-5-6-7-9-34-10-11-35-12-13-36-14-15-37-16-17-38-18-19-39-20-21-40-22-23-41-24-25-42-26-27-43-28-29-44-30-31-45-32(33)8-4-2/h3-31H2,1-2H3. The van der Waals surface area contributed by atoms with Crippen molar-refractivity contribution in [1.82, 2.24) is 0 Å². The summed E-state index contributed by atoms with van der Waals surface area (Å²) in [6.45, 7) is 16.0. The van der Waals surface area contributed by atoms with Gasteiger partial charge in [0.25, 0.3) is 0 Å². The van der Waals surface area contributed by atoms with Crippen molar-refractivity contribution in [3.05, 3.63) is 0 Å². The van der Waals surface area contributed by atoms with Gasteiger partial charge in [0.05, 0.1) is 139 Å². The number of esters is 1. The van der Waals surface area contributed by atoms with Crippen molar-refractivity contribution in [3.8, 4) is 0 Å². The van der Waals surface area contributed by atoms with E-state index in [1.807, 2.05) is 6.92 Å². The van der Waals surface area contributed by atoms with Crippen LogP contribution in [0.15, 0.2) is 0 Å². The third kappa shape index (κ3) is 41.0. The van der Waals surface area contributed by atoms with E-state index in [4.69, 9.17) is 56.8 Å². The van der Waals surface area contributed by atoms with E-state index in [2.05, 4.69) is 6.92 Å². The average Bonchev–Trinajstić information content (AvgIpc) is 3.04. The van der Waals surface area contributed by atoms with Crippen LogP contribution >= 0.6 is 0 Å². The maximum absolute atomic E-state index is 11.2. The molecular formula is C32H64O13. The Hall–Kier alpha value is -0.970. The van der Waals surface area contributed by atoms with Crippen LogP contribution in [-0.4, -0.2) is 158 Å². The lowest BCUT2D eigenvalue weighted by atomic mass is 10.2. The molecule has 0 unspecified atom stereocenters. The second-order valence-electron chi connectivity index (χ2n) is 9.77. The minimum Gasteiger partial charge on any atom is -0.463 e. The van der Waals surface area contributed by atoms with E-state index in [1.54, 1.807) is 0 Å². The van der Waals surface area contributed by atoms with Crippen LogP contribution in [0.1, 0.15) is 52.4 Å². The van der Waals surface area contributed by atoms with E-state index < -0.39 is 0 Å². The van der Waals surface area contributed by atoms with Gasteiger partial charge in [0, 0.05) is 13.0 Å². The Morgan fingerprint density at radius 3 is 0.844 bits per heavy atom. The fourth-order valence-electron chi connectivity index (χ4n) is 3.42. The highest BCUT2D eigenvalue weighted by Crippen LogP contribution is 1.98. The molecule has 0 aromatic heterocycles. The summed E-state index contributed by atoms with van der Waals surface area (Å²) in [7, 11) is 0. The summed E-state index contributed by atoms with van der Waals surface area (Å²) in [6.07, 6.45) is 6.12. The van der Waals surface area contributed by atoms with E-state index in [1.165, 1.54) is 19.3 Å². The number of ether oxygens (including phenoxy) is 12. The molecule has 0 aromatic rings. The first kappa shape index (κ1) is 44.0. The molecule has 0 spiro atoms. The summed E-state index contributed by atoms with van der Waals surface area (Å²) in [5.41, 5.74) is 0. The van der Waals surface area contributed by atoms with Gasteiger partial charge in [-0.05, 0) is 12.8 Å². The molecule has 0 radical (unpaired) electrons. The fraction of sp³-hybridized carbons (Fsp3) is 0.969. The number of rotatable bonds is 40. The summed E-state index contributed by atoms with van der Waals surface area (Å²) in [5, 5.41) is 0. The lowest BCUT2D eigenvalue weighted by molar-refractivity contribution is -0.145. The van der Waals surface area contributed by atoms with Gasteiger partial charge in [0.15, 0.2) is 0 Å². The summed E-state index contributed by atoms with van der Waals surface area (Å²) in [4.78, 5) is 11.2. The molecule has 0 heterocycles. The summed E-state index contributed by atoms with van der Waals surface area (Å²) in [6, 6.07) is 0. The number of hydrogen-bond acceptors (Lipinski definition) is 13. The first-order valence-electron chi connectivity index (χ1n) is 16.8. The first-order valence-corrected chi connectivity index (χ1v) is 16.8. The molecule has 0 aliphatic heterocycles. The van der Waals surface area contributed by atoms with E-state index >= 15 is 0 Å². The van der Waals surface area contributed by atoms with Crippen LogP contribution in [0.5, 0.6) is 0 Å². The summed E-state index contributed by atoms with van der Waals surface area (Å²) >= 11 is 0. The Bertz CT molecular complexity index is 557. The highest BCUT2D eigenvalue weighted by molar-refractivity contribution is 5.69. The maximum atomic E-state index is 11.2. The smallest absolute Gasteiger partial charge is 0.305 e. The van der Waals surface area contributed by atoms with Crippen molar-refractivity contribution in [2.24, 2.45) is 0 Å². The Morgan fingerprint density at radius 2 is 0.578 bits per heavy atom. The molecule has 0 rings (SSSR count). The lowest BCUT2D eigenvalue weighted by Gasteiger charge is -2.09. The quantitative estimate of drug-likeness (QED) is 0.0709. The van der Waals surface area contributed by atoms with Gasteiger partial charge in [-0.25, -0.2) is 0 Å². The zero-order valence-corrected chi connectivity index (χ0v) is 28.3. The number of hydrogen-bond donors (Lipinski definition) is 0. The van der Waals surface area contributed by atoms with Crippen LogP contribution in [0, 0.1) is 0 Å². The van der Waals surface area contributed by atoms with Crippen molar-refractivity contribution >= 4 is 5.97 Å². The largest absolute Gasteiger partial charge is 0.463 e. The predicted octanol–water partition coefficient (Wildman–Crippen LogP) is 3.09. The molecule has 270 valence electrons. The topological polar surface area (TPSA) is 128 Å². The van der Waals surface area contributed by atoms with E-state index in [0.29, 0.717) is 145 Å². The third-order valence-corrected chi connectivity index (χ3v) is 5.81. The number of carbonyl (C=O) groups excluding carboxylic acids is 1. The highest BCUT2D eigenvalue weighted by Gasteiger charge is 2.00. The Morgan fingerprint density at radius 1 is 0.311 bits per heavy atom. The van der Waals surface area contributed by atoms with Crippen molar-refractivity contribution in [2.45, 2.75) is 52.4 Å². The molecular weight excluding hydrogens is 592 g/mol. The zero-order valence-electron chi connectivity index (χ0n) is 28.3. The maximum Gasteiger partial charge on any atom is 0.305 e. The molecule has 45 heavy (non-hydrogen) atoms. The Balaban J connectivity index is 3.05. The summed E-state index contributed by atoms with van der Waals surface area (Å²) in [5.74, 6) is -0.187. The van der Waals surface area contributed by atoms with Gasteiger partial charge in [-0.2, -0.15) is 0 Å². The van der Waals surface area contributed by atoms with E-state index in [9.17, 15) is 4.79 Å². The van der Waals surface area contributed by atoms with Gasteiger partial charge >= 0.3 is 5.97 Å². The zero-order chi connectivity index (χ0) is 32.6. The lowest BCUT2D eigenvalue weighted by Crippen LogP contribution is -2.15. The molecule has 0 amide bonds. The minimum absolute atomic E-state index is 0.187. The molecule has 0 N–H and O–H groups in total. The molecule has 0 fully saturated rings. The van der Waals surface area contributed by atoms with E-state index in [-0.39, 0.29) is 12.6 Å². The molecule has 0 atom stereocenters. The fourth-order valence-corrected chi connectivity index (χ4v) is 3.42. The third-order valence-electron chi connectivity index (χ3n) is 5.81. The number of carbonyl (C=O) groups is 1. The van der Waals surface area contributed by atoms with Crippen molar-refractivity contribution in [2.75, 3.05) is 152 Å². The second kappa shape index (κ2) is 41.1. The normalized spacial score (nSPS) is 11.4.